The largest absolute Gasteiger partial charge is 0.462 e. The lowest BCUT2D eigenvalue weighted by Gasteiger charge is -2.10. The molecule has 24 heavy (non-hydrogen) atoms. The van der Waals surface area contributed by atoms with Crippen LogP contribution in [0.15, 0.2) is 29.2 Å². The number of rotatable bonds is 5. The second-order valence-electron chi connectivity index (χ2n) is 5.27. The number of halogens is 1. The van der Waals surface area contributed by atoms with Gasteiger partial charge in [0.1, 0.15) is 16.3 Å². The first-order chi connectivity index (χ1) is 11.2. The Morgan fingerprint density at radius 2 is 1.96 bits per heavy atom. The van der Waals surface area contributed by atoms with E-state index in [0.29, 0.717) is 11.4 Å². The maximum Gasteiger partial charge on any atom is 0.341 e. The average molecular weight is 354 g/mol. The Morgan fingerprint density at radius 1 is 1.29 bits per heavy atom. The molecule has 0 saturated carbocycles. The molecule has 130 valence electrons. The first-order valence-electron chi connectivity index (χ1n) is 7.30. The standard InChI is InChI=1S/C16H19FN2O4S/c1-5-23-16(20)14-10(2)19(4)11(3)15(14)24(21,22)18-13-8-6-7-12(17)9-13/h6-9,18H,5H2,1-4H3. The van der Waals surface area contributed by atoms with Gasteiger partial charge in [-0.2, -0.15) is 0 Å². The zero-order valence-electron chi connectivity index (χ0n) is 13.9. The first kappa shape index (κ1) is 18.0. The topological polar surface area (TPSA) is 77.4 Å². The minimum Gasteiger partial charge on any atom is -0.462 e. The van der Waals surface area contributed by atoms with Crippen molar-refractivity contribution in [3.63, 3.8) is 0 Å². The van der Waals surface area contributed by atoms with E-state index < -0.39 is 21.8 Å². The third-order valence-corrected chi connectivity index (χ3v) is 5.29. The van der Waals surface area contributed by atoms with E-state index in [2.05, 4.69) is 4.72 Å². The highest BCUT2D eigenvalue weighted by molar-refractivity contribution is 7.92. The van der Waals surface area contributed by atoms with Gasteiger partial charge < -0.3 is 9.30 Å². The molecule has 1 aromatic carbocycles. The molecule has 0 aliphatic rings. The minimum atomic E-state index is -4.09. The Kier molecular flexibility index (Phi) is 4.98. The van der Waals surface area contributed by atoms with Crippen molar-refractivity contribution in [2.24, 2.45) is 7.05 Å². The average Bonchev–Trinajstić information content (AvgIpc) is 2.72. The van der Waals surface area contributed by atoms with Crippen molar-refractivity contribution in [3.8, 4) is 0 Å². The van der Waals surface area contributed by atoms with Gasteiger partial charge >= 0.3 is 5.97 Å². The monoisotopic (exact) mass is 354 g/mol. The maximum absolute atomic E-state index is 13.3. The summed E-state index contributed by atoms with van der Waals surface area (Å²) in [6, 6.07) is 5.09. The van der Waals surface area contributed by atoms with Crippen LogP contribution in [-0.4, -0.2) is 25.6 Å². The van der Waals surface area contributed by atoms with Gasteiger partial charge in [0, 0.05) is 18.4 Å². The third kappa shape index (κ3) is 3.28. The van der Waals surface area contributed by atoms with Crippen molar-refractivity contribution < 1.29 is 22.3 Å². The van der Waals surface area contributed by atoms with Crippen LogP contribution in [0.3, 0.4) is 0 Å². The van der Waals surface area contributed by atoms with E-state index in [9.17, 15) is 17.6 Å². The Labute approximate surface area is 140 Å². The van der Waals surface area contributed by atoms with E-state index >= 15 is 0 Å². The molecule has 0 radical (unpaired) electrons. The smallest absolute Gasteiger partial charge is 0.341 e. The number of nitrogens with zero attached hydrogens (tertiary/aromatic N) is 1. The Bertz CT molecular complexity index is 888. The molecule has 1 N–H and O–H groups in total. The predicted molar refractivity (Wildman–Crippen MR) is 88.1 cm³/mol. The minimum absolute atomic E-state index is 0.0132. The summed E-state index contributed by atoms with van der Waals surface area (Å²) in [6.07, 6.45) is 0. The second kappa shape index (κ2) is 6.64. The summed E-state index contributed by atoms with van der Waals surface area (Å²) < 4.78 is 47.7. The SMILES string of the molecule is CCOC(=O)c1c(S(=O)(=O)Nc2cccc(F)c2)c(C)n(C)c1C. The van der Waals surface area contributed by atoms with E-state index in [1.165, 1.54) is 18.2 Å². The molecule has 0 unspecified atom stereocenters. The van der Waals surface area contributed by atoms with Gasteiger partial charge in [-0.05, 0) is 39.0 Å². The molecule has 0 aliphatic heterocycles. The Balaban J connectivity index is 2.57. The molecular weight excluding hydrogens is 335 g/mol. The van der Waals surface area contributed by atoms with E-state index in [1.54, 1.807) is 32.4 Å². The number of aromatic nitrogens is 1. The number of esters is 1. The van der Waals surface area contributed by atoms with Crippen LogP contribution < -0.4 is 4.72 Å². The van der Waals surface area contributed by atoms with Crippen molar-refractivity contribution in [1.82, 2.24) is 4.57 Å². The van der Waals surface area contributed by atoms with Crippen molar-refractivity contribution in [1.29, 1.82) is 0 Å². The van der Waals surface area contributed by atoms with E-state index in [0.717, 1.165) is 6.07 Å². The Morgan fingerprint density at radius 3 is 2.54 bits per heavy atom. The van der Waals surface area contributed by atoms with E-state index in [-0.39, 0.29) is 22.8 Å². The van der Waals surface area contributed by atoms with Gasteiger partial charge in [0.25, 0.3) is 10.0 Å². The molecule has 6 nitrogen and oxygen atoms in total. The number of carbonyl (C=O) groups excluding carboxylic acids is 1. The highest BCUT2D eigenvalue weighted by Gasteiger charge is 2.31. The number of benzene rings is 1. The molecule has 0 fully saturated rings. The van der Waals surface area contributed by atoms with Gasteiger partial charge in [0.15, 0.2) is 0 Å². The van der Waals surface area contributed by atoms with E-state index in [4.69, 9.17) is 4.74 Å². The van der Waals surface area contributed by atoms with Crippen molar-refractivity contribution in [2.75, 3.05) is 11.3 Å². The lowest BCUT2D eigenvalue weighted by Crippen LogP contribution is -2.18. The molecule has 0 aliphatic carbocycles. The van der Waals surface area contributed by atoms with Crippen LogP contribution in [0.25, 0.3) is 0 Å². The number of sulfonamides is 1. The molecule has 2 aromatic rings. The van der Waals surface area contributed by atoms with Crippen LogP contribution in [0.5, 0.6) is 0 Å². The van der Waals surface area contributed by atoms with Crippen LogP contribution in [0.2, 0.25) is 0 Å². The van der Waals surface area contributed by atoms with Crippen molar-refractivity contribution >= 4 is 21.7 Å². The highest BCUT2D eigenvalue weighted by atomic mass is 32.2. The number of hydrogen-bond donors (Lipinski definition) is 1. The predicted octanol–water partition coefficient (Wildman–Crippen LogP) is 2.76. The number of hydrogen-bond acceptors (Lipinski definition) is 4. The fourth-order valence-corrected chi connectivity index (χ4v) is 4.01. The van der Waals surface area contributed by atoms with E-state index in [1.807, 2.05) is 0 Å². The fraction of sp³-hybridized carbons (Fsp3) is 0.312. The molecule has 0 amide bonds. The molecule has 1 aromatic heterocycles. The van der Waals surface area contributed by atoms with Gasteiger partial charge in [-0.3, -0.25) is 4.72 Å². The van der Waals surface area contributed by atoms with Crippen LogP contribution in [0, 0.1) is 19.7 Å². The van der Waals surface area contributed by atoms with Crippen LogP contribution in [0.4, 0.5) is 10.1 Å². The maximum atomic E-state index is 13.3. The normalized spacial score (nSPS) is 11.4. The van der Waals surface area contributed by atoms with Crippen molar-refractivity contribution in [3.05, 3.63) is 47.0 Å². The molecule has 0 atom stereocenters. The summed E-state index contributed by atoms with van der Waals surface area (Å²) in [5.74, 6) is -1.28. The highest BCUT2D eigenvalue weighted by Crippen LogP contribution is 2.28. The van der Waals surface area contributed by atoms with Crippen LogP contribution >= 0.6 is 0 Å². The van der Waals surface area contributed by atoms with Gasteiger partial charge in [-0.25, -0.2) is 17.6 Å². The lowest BCUT2D eigenvalue weighted by molar-refractivity contribution is 0.0521. The summed E-state index contributed by atoms with van der Waals surface area (Å²) in [5.41, 5.74) is 0.927. The van der Waals surface area contributed by atoms with Gasteiger partial charge in [-0.1, -0.05) is 6.07 Å². The first-order valence-corrected chi connectivity index (χ1v) is 8.78. The van der Waals surface area contributed by atoms with Gasteiger partial charge in [0.05, 0.1) is 12.3 Å². The molecule has 1 heterocycles. The summed E-state index contributed by atoms with van der Waals surface area (Å²) in [4.78, 5) is 12.1. The molecule has 8 heteroatoms. The molecule has 2 rings (SSSR count). The number of ether oxygens (including phenoxy) is 1. The molecule has 0 bridgehead atoms. The van der Waals surface area contributed by atoms with Crippen molar-refractivity contribution in [2.45, 2.75) is 25.7 Å². The van der Waals surface area contributed by atoms with Crippen LogP contribution in [-0.2, 0) is 21.8 Å². The Hall–Kier alpha value is -2.35. The van der Waals surface area contributed by atoms with Crippen LogP contribution in [0.1, 0.15) is 28.7 Å². The summed E-state index contributed by atoms with van der Waals surface area (Å²) in [6.45, 7) is 5.00. The summed E-state index contributed by atoms with van der Waals surface area (Å²) in [7, 11) is -2.43. The zero-order valence-corrected chi connectivity index (χ0v) is 14.7. The molecular formula is C16H19FN2O4S. The van der Waals surface area contributed by atoms with Gasteiger partial charge in [0.2, 0.25) is 0 Å². The second-order valence-corrected chi connectivity index (χ2v) is 6.89. The molecule has 0 saturated heterocycles. The number of anilines is 1. The lowest BCUT2D eigenvalue weighted by atomic mass is 10.2. The number of carbonyl (C=O) groups is 1. The fourth-order valence-electron chi connectivity index (χ4n) is 2.45. The summed E-state index contributed by atoms with van der Waals surface area (Å²) in [5, 5.41) is 0. The van der Waals surface area contributed by atoms with Gasteiger partial charge in [-0.15, -0.1) is 0 Å². The quantitative estimate of drug-likeness (QED) is 0.838. The summed E-state index contributed by atoms with van der Waals surface area (Å²) >= 11 is 0. The molecule has 0 spiro atoms. The zero-order chi connectivity index (χ0) is 18.1. The number of nitrogens with one attached hydrogen (secondary N) is 1. The third-order valence-electron chi connectivity index (χ3n) is 3.75.